The van der Waals surface area contributed by atoms with Gasteiger partial charge in [-0.15, -0.1) is 0 Å². The van der Waals surface area contributed by atoms with Crippen LogP contribution in [0.3, 0.4) is 0 Å². The Morgan fingerprint density at radius 3 is 2.47 bits per heavy atom. The molecule has 2 aliphatic rings. The molecule has 2 atom stereocenters. The molecule has 3 N–H and O–H groups in total. The maximum Gasteiger partial charge on any atom is 0.293 e. The molecule has 0 saturated carbocycles. The van der Waals surface area contributed by atoms with E-state index in [4.69, 9.17) is 10.7 Å². The van der Waals surface area contributed by atoms with Crippen LogP contribution in [0.25, 0.3) is 0 Å². The van der Waals surface area contributed by atoms with Crippen molar-refractivity contribution in [2.75, 3.05) is 18.4 Å². The van der Waals surface area contributed by atoms with Gasteiger partial charge in [0.25, 0.3) is 5.91 Å². The van der Waals surface area contributed by atoms with Crippen LogP contribution >= 0.6 is 0 Å². The zero-order valence-electron chi connectivity index (χ0n) is 21.6. The molecule has 2 amide bonds. The van der Waals surface area contributed by atoms with Gasteiger partial charge in [0, 0.05) is 18.2 Å². The highest BCUT2D eigenvalue weighted by atomic mass is 16.2. The Kier molecular flexibility index (Phi) is 7.67. The van der Waals surface area contributed by atoms with Gasteiger partial charge in [0.05, 0.1) is 11.4 Å². The van der Waals surface area contributed by atoms with E-state index in [1.54, 1.807) is 0 Å². The molecule has 6 heteroatoms. The van der Waals surface area contributed by atoms with Crippen molar-refractivity contribution in [3.05, 3.63) is 95.1 Å². The average molecular weight is 505 g/mol. The number of anilines is 1. The van der Waals surface area contributed by atoms with Crippen LogP contribution in [0.1, 0.15) is 47.9 Å². The number of aliphatic imine (C=N–C) groups is 1. The molecule has 3 aromatic rings. The van der Waals surface area contributed by atoms with Crippen LogP contribution in [0.2, 0.25) is 0 Å². The summed E-state index contributed by atoms with van der Waals surface area (Å²) in [7, 11) is 0. The van der Waals surface area contributed by atoms with Gasteiger partial charge in [-0.1, -0.05) is 67.4 Å². The number of benzene rings is 3. The molecule has 2 aliphatic heterocycles. The number of likely N-dealkylation sites (tertiary alicyclic amines) is 1. The van der Waals surface area contributed by atoms with Gasteiger partial charge < -0.3 is 11.1 Å². The molecule has 1 fully saturated rings. The molecule has 0 spiro atoms. The van der Waals surface area contributed by atoms with Gasteiger partial charge in [-0.25, -0.2) is 0 Å². The molecule has 0 aromatic heterocycles. The first-order valence-corrected chi connectivity index (χ1v) is 13.2. The summed E-state index contributed by atoms with van der Waals surface area (Å²) in [5.74, 6) is 4.01. The highest BCUT2D eigenvalue weighted by molar-refractivity contribution is 6.24. The summed E-state index contributed by atoms with van der Waals surface area (Å²) in [6, 6.07) is 24.3. The molecule has 6 nitrogen and oxygen atoms in total. The van der Waals surface area contributed by atoms with E-state index < -0.39 is 11.8 Å². The SMILES string of the molecule is CC(C#CC(N)=O)Cc1ccc2c(c1)NC(=O)C2C(=Nc1ccc(CN2CCCC2)cc1)c1ccccc1. The van der Waals surface area contributed by atoms with E-state index >= 15 is 0 Å². The summed E-state index contributed by atoms with van der Waals surface area (Å²) in [4.78, 5) is 31.8. The Bertz CT molecular complexity index is 1410. The van der Waals surface area contributed by atoms with Gasteiger partial charge in [0.2, 0.25) is 5.91 Å². The summed E-state index contributed by atoms with van der Waals surface area (Å²) in [5.41, 5.74) is 11.6. The molecular formula is C32H32N4O2. The lowest BCUT2D eigenvalue weighted by Gasteiger charge is -2.16. The Morgan fingerprint density at radius 1 is 1.05 bits per heavy atom. The number of amides is 2. The zero-order valence-corrected chi connectivity index (χ0v) is 21.6. The average Bonchev–Trinajstić information content (AvgIpc) is 3.54. The summed E-state index contributed by atoms with van der Waals surface area (Å²) in [6.45, 7) is 5.23. The van der Waals surface area contributed by atoms with Crippen molar-refractivity contribution in [2.45, 2.75) is 38.6 Å². The van der Waals surface area contributed by atoms with Crippen molar-refractivity contribution in [3.8, 4) is 11.8 Å². The number of hydrogen-bond donors (Lipinski definition) is 2. The van der Waals surface area contributed by atoms with Gasteiger partial charge in [-0.05, 0) is 78.7 Å². The lowest BCUT2D eigenvalue weighted by molar-refractivity contribution is -0.115. The summed E-state index contributed by atoms with van der Waals surface area (Å²) in [6.07, 6.45) is 3.20. The highest BCUT2D eigenvalue weighted by Crippen LogP contribution is 2.37. The van der Waals surface area contributed by atoms with Crippen LogP contribution in [0.15, 0.2) is 77.8 Å². The second-order valence-electron chi connectivity index (χ2n) is 10.1. The molecule has 0 bridgehead atoms. The minimum atomic E-state index is -0.630. The van der Waals surface area contributed by atoms with Crippen LogP contribution in [0.4, 0.5) is 11.4 Å². The third-order valence-corrected chi connectivity index (χ3v) is 7.07. The van der Waals surface area contributed by atoms with Crippen molar-refractivity contribution in [3.63, 3.8) is 0 Å². The number of nitrogens with two attached hydrogens (primary N) is 1. The minimum Gasteiger partial charge on any atom is -0.359 e. The topological polar surface area (TPSA) is 87.8 Å². The van der Waals surface area contributed by atoms with Crippen molar-refractivity contribution >= 4 is 28.9 Å². The van der Waals surface area contributed by atoms with E-state index in [0.29, 0.717) is 6.42 Å². The molecule has 192 valence electrons. The quantitative estimate of drug-likeness (QED) is 0.358. The summed E-state index contributed by atoms with van der Waals surface area (Å²) < 4.78 is 0. The van der Waals surface area contributed by atoms with Crippen molar-refractivity contribution in [2.24, 2.45) is 16.6 Å². The van der Waals surface area contributed by atoms with E-state index in [9.17, 15) is 9.59 Å². The summed E-state index contributed by atoms with van der Waals surface area (Å²) in [5, 5.41) is 3.06. The first-order chi connectivity index (χ1) is 18.5. The van der Waals surface area contributed by atoms with Crippen molar-refractivity contribution in [1.82, 2.24) is 4.90 Å². The van der Waals surface area contributed by atoms with Crippen molar-refractivity contribution < 1.29 is 9.59 Å². The Morgan fingerprint density at radius 2 is 1.76 bits per heavy atom. The smallest absolute Gasteiger partial charge is 0.293 e. The monoisotopic (exact) mass is 504 g/mol. The van der Waals surface area contributed by atoms with Crippen LogP contribution < -0.4 is 11.1 Å². The van der Waals surface area contributed by atoms with Gasteiger partial charge in [0.15, 0.2) is 0 Å². The lowest BCUT2D eigenvalue weighted by atomic mass is 9.89. The molecular weight excluding hydrogens is 472 g/mol. The number of fused-ring (bicyclic) bond motifs is 1. The first kappa shape index (κ1) is 25.4. The first-order valence-electron chi connectivity index (χ1n) is 13.2. The Hall–Kier alpha value is -4.21. The molecule has 0 aliphatic carbocycles. The van der Waals surface area contributed by atoms with E-state index in [1.165, 1.54) is 18.4 Å². The van der Waals surface area contributed by atoms with Crippen LogP contribution in [-0.2, 0) is 22.6 Å². The number of nitrogens with zero attached hydrogens (tertiary/aromatic N) is 2. The van der Waals surface area contributed by atoms with Crippen LogP contribution in [0.5, 0.6) is 0 Å². The minimum absolute atomic E-state index is 0.0386. The predicted molar refractivity (Wildman–Crippen MR) is 151 cm³/mol. The Labute approximate surface area is 224 Å². The molecule has 2 unspecified atom stereocenters. The fourth-order valence-electron chi connectivity index (χ4n) is 5.23. The number of rotatable bonds is 7. The standard InChI is InChI=1S/C32H32N4O2/c1-22(9-16-29(33)37)19-24-12-15-27-28(20-24)35-32(38)30(27)31(25-7-3-2-4-8-25)34-26-13-10-23(11-14-26)21-36-17-5-6-18-36/h2-4,7-8,10-15,20,22,30H,5-6,17-19,21H2,1H3,(H2,33,37)(H,35,38). The van der Waals surface area contributed by atoms with Crippen LogP contribution in [-0.4, -0.2) is 35.5 Å². The van der Waals surface area contributed by atoms with E-state index in [-0.39, 0.29) is 11.8 Å². The molecule has 1 saturated heterocycles. The number of hydrogen-bond acceptors (Lipinski definition) is 4. The zero-order chi connectivity index (χ0) is 26.5. The van der Waals surface area contributed by atoms with E-state index in [0.717, 1.165) is 53.4 Å². The molecule has 5 rings (SSSR count). The third kappa shape index (κ3) is 6.01. The third-order valence-electron chi connectivity index (χ3n) is 7.07. The number of carbonyl (C=O) groups excluding carboxylic acids is 2. The maximum atomic E-state index is 13.3. The van der Waals surface area contributed by atoms with E-state index in [2.05, 4.69) is 34.2 Å². The lowest BCUT2D eigenvalue weighted by Crippen LogP contribution is -2.22. The van der Waals surface area contributed by atoms with Crippen molar-refractivity contribution in [1.29, 1.82) is 0 Å². The van der Waals surface area contributed by atoms with Crippen LogP contribution in [0, 0.1) is 17.8 Å². The predicted octanol–water partition coefficient (Wildman–Crippen LogP) is 4.81. The molecule has 3 aromatic carbocycles. The number of primary amides is 1. The summed E-state index contributed by atoms with van der Waals surface area (Å²) >= 11 is 0. The second kappa shape index (κ2) is 11.5. The number of nitrogens with one attached hydrogen (secondary N) is 1. The normalized spacial score (nSPS) is 17.9. The van der Waals surface area contributed by atoms with E-state index in [1.807, 2.05) is 67.6 Å². The molecule has 0 radical (unpaired) electrons. The fraction of sp³-hybridized carbons (Fsp3) is 0.281. The largest absolute Gasteiger partial charge is 0.359 e. The van der Waals surface area contributed by atoms with Gasteiger partial charge in [0.1, 0.15) is 5.92 Å². The fourth-order valence-corrected chi connectivity index (χ4v) is 5.23. The van der Waals surface area contributed by atoms with Gasteiger partial charge in [-0.3, -0.25) is 19.5 Å². The molecule has 2 heterocycles. The van der Waals surface area contributed by atoms with Gasteiger partial charge in [-0.2, -0.15) is 0 Å². The highest BCUT2D eigenvalue weighted by Gasteiger charge is 2.35. The second-order valence-corrected chi connectivity index (χ2v) is 10.1. The Balaban J connectivity index is 1.43. The number of carbonyl (C=O) groups is 2. The van der Waals surface area contributed by atoms with Gasteiger partial charge >= 0.3 is 0 Å². The maximum absolute atomic E-state index is 13.3. The molecule has 38 heavy (non-hydrogen) atoms.